The number of nitrogens with one attached hydrogen (secondary N) is 1. The average Bonchev–Trinajstić information content (AvgIpc) is 3.25. The normalized spacial score (nSPS) is 19.4. The van der Waals surface area contributed by atoms with Crippen LogP contribution in [0.1, 0.15) is 54.2 Å². The fourth-order valence-electron chi connectivity index (χ4n) is 3.67. The lowest BCUT2D eigenvalue weighted by Crippen LogP contribution is -2.52. The monoisotopic (exact) mass is 367 g/mol. The third kappa shape index (κ3) is 3.11. The first-order chi connectivity index (χ1) is 13.1. The van der Waals surface area contributed by atoms with E-state index in [-0.39, 0.29) is 18.2 Å². The van der Waals surface area contributed by atoms with Gasteiger partial charge in [0, 0.05) is 24.1 Å². The lowest BCUT2D eigenvalue weighted by atomic mass is 10.0. The molecule has 1 aromatic heterocycles. The van der Waals surface area contributed by atoms with Crippen molar-refractivity contribution < 1.29 is 14.4 Å². The predicted octanol–water partition coefficient (Wildman–Crippen LogP) is 1.37. The van der Waals surface area contributed by atoms with Crippen LogP contribution in [0.25, 0.3) is 5.69 Å². The summed E-state index contributed by atoms with van der Waals surface area (Å²) in [5.74, 6) is -0.882. The highest BCUT2D eigenvalue weighted by molar-refractivity contribution is 6.05. The summed E-state index contributed by atoms with van der Waals surface area (Å²) in [6.07, 6.45) is 5.49. The highest BCUT2D eigenvalue weighted by atomic mass is 16.2. The van der Waals surface area contributed by atoms with E-state index in [1.807, 2.05) is 18.3 Å². The van der Waals surface area contributed by atoms with Gasteiger partial charge in [-0.1, -0.05) is 24.6 Å². The summed E-state index contributed by atoms with van der Waals surface area (Å²) in [6.45, 7) is 2.45. The van der Waals surface area contributed by atoms with Gasteiger partial charge in [0.25, 0.3) is 5.91 Å². The molecule has 4 rings (SSSR count). The Balaban J connectivity index is 1.62. The van der Waals surface area contributed by atoms with Crippen LogP contribution in [0, 0.1) is 0 Å². The van der Waals surface area contributed by atoms with Crippen LogP contribution in [0.3, 0.4) is 0 Å². The molecule has 8 heteroatoms. The number of carbonyl (C=O) groups excluding carboxylic acids is 3. The van der Waals surface area contributed by atoms with Crippen LogP contribution < -0.4 is 5.32 Å². The maximum atomic E-state index is 12.9. The molecule has 3 heterocycles. The second-order valence-electron chi connectivity index (χ2n) is 6.96. The van der Waals surface area contributed by atoms with Crippen molar-refractivity contribution in [3.05, 3.63) is 41.2 Å². The summed E-state index contributed by atoms with van der Waals surface area (Å²) in [5, 5.41) is 10.8. The van der Waals surface area contributed by atoms with Crippen molar-refractivity contribution in [2.24, 2.45) is 0 Å². The maximum Gasteiger partial charge on any atom is 0.255 e. The first kappa shape index (κ1) is 17.4. The third-order valence-corrected chi connectivity index (χ3v) is 5.13. The van der Waals surface area contributed by atoms with Gasteiger partial charge in [-0.2, -0.15) is 0 Å². The Kier molecular flexibility index (Phi) is 4.47. The molecule has 0 radical (unpaired) electrons. The van der Waals surface area contributed by atoms with Crippen molar-refractivity contribution in [3.8, 4) is 5.69 Å². The molecule has 1 unspecified atom stereocenters. The Hall–Kier alpha value is -3.03. The second-order valence-corrected chi connectivity index (χ2v) is 6.96. The molecule has 1 fully saturated rings. The summed E-state index contributed by atoms with van der Waals surface area (Å²) in [7, 11) is 0. The number of hydrogen-bond acceptors (Lipinski definition) is 5. The van der Waals surface area contributed by atoms with Crippen LogP contribution in [0.5, 0.6) is 0 Å². The van der Waals surface area contributed by atoms with Gasteiger partial charge >= 0.3 is 0 Å². The number of hydrogen-bond donors (Lipinski definition) is 1. The minimum absolute atomic E-state index is 0.187. The molecular weight excluding hydrogens is 346 g/mol. The van der Waals surface area contributed by atoms with Gasteiger partial charge in [0.05, 0.1) is 17.6 Å². The molecule has 0 saturated carbocycles. The van der Waals surface area contributed by atoms with Crippen molar-refractivity contribution in [2.45, 2.75) is 51.6 Å². The Bertz CT molecular complexity index is 920. The predicted molar refractivity (Wildman–Crippen MR) is 96.0 cm³/mol. The number of benzene rings is 1. The van der Waals surface area contributed by atoms with E-state index in [2.05, 4.69) is 22.6 Å². The molecule has 1 saturated heterocycles. The van der Waals surface area contributed by atoms with Gasteiger partial charge in [0.1, 0.15) is 6.04 Å². The Morgan fingerprint density at radius 2 is 2.11 bits per heavy atom. The molecule has 3 amide bonds. The van der Waals surface area contributed by atoms with E-state index in [1.54, 1.807) is 15.6 Å². The smallest absolute Gasteiger partial charge is 0.255 e. The second kappa shape index (κ2) is 6.94. The van der Waals surface area contributed by atoms with E-state index in [9.17, 15) is 14.4 Å². The van der Waals surface area contributed by atoms with Crippen molar-refractivity contribution >= 4 is 17.7 Å². The van der Waals surface area contributed by atoms with Crippen molar-refractivity contribution in [2.75, 3.05) is 0 Å². The molecule has 2 aliphatic rings. The zero-order valence-corrected chi connectivity index (χ0v) is 15.1. The number of carbonyl (C=O) groups is 3. The maximum absolute atomic E-state index is 12.9. The number of aryl methyl sites for hydroxylation is 1. The minimum Gasteiger partial charge on any atom is -0.322 e. The van der Waals surface area contributed by atoms with Crippen molar-refractivity contribution in [3.63, 3.8) is 0 Å². The number of amides is 3. The van der Waals surface area contributed by atoms with Gasteiger partial charge in [0.15, 0.2) is 0 Å². The minimum atomic E-state index is -0.619. The summed E-state index contributed by atoms with van der Waals surface area (Å²) in [4.78, 5) is 38.0. The number of fused-ring (bicyclic) bond motifs is 1. The molecule has 2 aromatic rings. The zero-order chi connectivity index (χ0) is 19.0. The third-order valence-electron chi connectivity index (χ3n) is 5.13. The number of piperidine rings is 1. The first-order valence-corrected chi connectivity index (χ1v) is 9.26. The molecule has 140 valence electrons. The topological polar surface area (TPSA) is 97.2 Å². The van der Waals surface area contributed by atoms with Gasteiger partial charge in [-0.05, 0) is 31.4 Å². The van der Waals surface area contributed by atoms with E-state index in [4.69, 9.17) is 0 Å². The van der Waals surface area contributed by atoms with Crippen LogP contribution in [-0.4, -0.2) is 43.7 Å². The van der Waals surface area contributed by atoms with Gasteiger partial charge in [-0.3, -0.25) is 19.7 Å². The number of unbranched alkanes of at least 4 members (excludes halogenated alkanes) is 1. The van der Waals surface area contributed by atoms with E-state index in [0.717, 1.165) is 36.2 Å². The number of aromatic nitrogens is 3. The molecule has 2 aliphatic heterocycles. The van der Waals surface area contributed by atoms with Crippen LogP contribution in [0.2, 0.25) is 0 Å². The lowest BCUT2D eigenvalue weighted by molar-refractivity contribution is -0.136. The standard InChI is InChI=1S/C19H21N5O3/c1-2-3-5-12-10-24(22-21-12)15-7-4-6-13-14(15)11-23(19(13)27)16-8-9-17(25)20-18(16)26/h4,6-7,10,16H,2-3,5,8-9,11H2,1H3,(H,20,25,26). The summed E-state index contributed by atoms with van der Waals surface area (Å²) < 4.78 is 1.70. The van der Waals surface area contributed by atoms with Crippen LogP contribution in [-0.2, 0) is 22.6 Å². The molecule has 1 atom stereocenters. The highest BCUT2D eigenvalue weighted by Gasteiger charge is 2.40. The first-order valence-electron chi connectivity index (χ1n) is 9.26. The fourth-order valence-corrected chi connectivity index (χ4v) is 3.67. The molecule has 1 N–H and O–H groups in total. The van der Waals surface area contributed by atoms with E-state index in [1.165, 1.54) is 0 Å². The number of nitrogens with zero attached hydrogens (tertiary/aromatic N) is 4. The van der Waals surface area contributed by atoms with Crippen LogP contribution in [0.15, 0.2) is 24.4 Å². The van der Waals surface area contributed by atoms with Gasteiger partial charge in [0.2, 0.25) is 11.8 Å². The molecular formula is C19H21N5O3. The lowest BCUT2D eigenvalue weighted by Gasteiger charge is -2.29. The van der Waals surface area contributed by atoms with E-state index in [0.29, 0.717) is 18.5 Å². The van der Waals surface area contributed by atoms with Gasteiger partial charge in [-0.25, -0.2) is 4.68 Å². The molecule has 1 aromatic carbocycles. The SMILES string of the molecule is CCCCc1cn(-c2cccc3c2CN(C2CCC(=O)NC2=O)C3=O)nn1. The summed E-state index contributed by atoms with van der Waals surface area (Å²) in [6, 6.07) is 4.86. The van der Waals surface area contributed by atoms with E-state index < -0.39 is 11.9 Å². The van der Waals surface area contributed by atoms with E-state index >= 15 is 0 Å². The molecule has 0 bridgehead atoms. The largest absolute Gasteiger partial charge is 0.322 e. The quantitative estimate of drug-likeness (QED) is 0.805. The Morgan fingerprint density at radius 1 is 1.26 bits per heavy atom. The van der Waals surface area contributed by atoms with Crippen molar-refractivity contribution in [1.29, 1.82) is 0 Å². The molecule has 8 nitrogen and oxygen atoms in total. The van der Waals surface area contributed by atoms with Crippen LogP contribution >= 0.6 is 0 Å². The highest BCUT2D eigenvalue weighted by Crippen LogP contribution is 2.31. The Morgan fingerprint density at radius 3 is 2.89 bits per heavy atom. The van der Waals surface area contributed by atoms with Crippen LogP contribution in [0.4, 0.5) is 0 Å². The average molecular weight is 367 g/mol. The van der Waals surface area contributed by atoms with Crippen molar-refractivity contribution in [1.82, 2.24) is 25.2 Å². The number of imide groups is 1. The summed E-state index contributed by atoms with van der Waals surface area (Å²) >= 11 is 0. The van der Waals surface area contributed by atoms with Gasteiger partial charge < -0.3 is 4.90 Å². The fraction of sp³-hybridized carbons (Fsp3) is 0.421. The van der Waals surface area contributed by atoms with Gasteiger partial charge in [-0.15, -0.1) is 5.10 Å². The molecule has 27 heavy (non-hydrogen) atoms. The Labute approximate surface area is 156 Å². The number of rotatable bonds is 5. The summed E-state index contributed by atoms with van der Waals surface area (Å²) in [5.41, 5.74) is 3.12. The molecule has 0 aliphatic carbocycles. The molecule has 0 spiro atoms. The zero-order valence-electron chi connectivity index (χ0n) is 15.1.